The van der Waals surface area contributed by atoms with Gasteiger partial charge in [-0.2, -0.15) is 17.8 Å². The van der Waals surface area contributed by atoms with Gasteiger partial charge in [-0.3, -0.25) is 9.89 Å². The first-order chi connectivity index (χ1) is 9.86. The maximum Gasteiger partial charge on any atom is 0.306 e. The molecule has 0 aliphatic carbocycles. The summed E-state index contributed by atoms with van der Waals surface area (Å²) in [6.07, 6.45) is 3.19. The van der Waals surface area contributed by atoms with Crippen molar-refractivity contribution in [3.8, 4) is 0 Å². The lowest BCUT2D eigenvalue weighted by atomic mass is 10.1. The van der Waals surface area contributed by atoms with E-state index >= 15 is 0 Å². The zero-order valence-corrected chi connectivity index (χ0v) is 13.4. The third-order valence-corrected chi connectivity index (χ3v) is 4.68. The van der Waals surface area contributed by atoms with Gasteiger partial charge in [0.1, 0.15) is 0 Å². The summed E-state index contributed by atoms with van der Waals surface area (Å²) >= 11 is 0. The number of methoxy groups -OCH3 is 1. The number of hydrogen-bond donors (Lipinski definition) is 2. The maximum atomic E-state index is 11.9. The fourth-order valence-corrected chi connectivity index (χ4v) is 2.64. The largest absolute Gasteiger partial charge is 0.469 e. The molecule has 0 fully saturated rings. The molecule has 0 bridgehead atoms. The Balaban J connectivity index is 2.32. The van der Waals surface area contributed by atoms with Gasteiger partial charge < -0.3 is 4.74 Å². The zero-order chi connectivity index (χ0) is 15.9. The predicted octanol–water partition coefficient (Wildman–Crippen LogP) is -0.0200. The van der Waals surface area contributed by atoms with Gasteiger partial charge in [-0.05, 0) is 25.3 Å². The number of nitrogens with one attached hydrogen (secondary N) is 2. The predicted molar refractivity (Wildman–Crippen MR) is 77.8 cm³/mol. The van der Waals surface area contributed by atoms with Crippen LogP contribution in [0.4, 0.5) is 0 Å². The number of aromatic nitrogens is 2. The minimum Gasteiger partial charge on any atom is -0.469 e. The van der Waals surface area contributed by atoms with Crippen molar-refractivity contribution in [2.75, 3.05) is 27.2 Å². The van der Waals surface area contributed by atoms with Gasteiger partial charge in [-0.25, -0.2) is 4.72 Å². The van der Waals surface area contributed by atoms with Crippen molar-refractivity contribution < 1.29 is 17.9 Å². The van der Waals surface area contributed by atoms with E-state index in [2.05, 4.69) is 19.7 Å². The van der Waals surface area contributed by atoms with Crippen LogP contribution in [0.1, 0.15) is 24.1 Å². The van der Waals surface area contributed by atoms with Crippen molar-refractivity contribution in [2.45, 2.75) is 26.2 Å². The highest BCUT2D eigenvalue weighted by Gasteiger charge is 2.17. The van der Waals surface area contributed by atoms with Gasteiger partial charge in [0.05, 0.1) is 19.7 Å². The van der Waals surface area contributed by atoms with Crippen LogP contribution in [0.5, 0.6) is 0 Å². The molecular formula is C12H22N4O4S. The molecular weight excluding hydrogens is 296 g/mol. The molecule has 0 radical (unpaired) electrons. The van der Waals surface area contributed by atoms with Crippen LogP contribution in [0.2, 0.25) is 0 Å². The van der Waals surface area contributed by atoms with Gasteiger partial charge in [0.25, 0.3) is 10.2 Å². The Morgan fingerprint density at radius 3 is 2.81 bits per heavy atom. The topological polar surface area (TPSA) is 104 Å². The second-order valence-corrected chi connectivity index (χ2v) is 6.53. The summed E-state index contributed by atoms with van der Waals surface area (Å²) in [5.74, 6) is -0.438. The van der Waals surface area contributed by atoms with Crippen molar-refractivity contribution in [1.29, 1.82) is 0 Å². The first kappa shape index (κ1) is 17.6. The lowest BCUT2D eigenvalue weighted by Gasteiger charge is -2.17. The van der Waals surface area contributed by atoms with Gasteiger partial charge in [-0.15, -0.1) is 0 Å². The lowest BCUT2D eigenvalue weighted by molar-refractivity contribution is -0.140. The van der Waals surface area contributed by atoms with Crippen molar-refractivity contribution in [1.82, 2.24) is 19.2 Å². The van der Waals surface area contributed by atoms with Crippen LogP contribution in [-0.4, -0.2) is 56.1 Å². The maximum absolute atomic E-state index is 11.9. The molecule has 1 aromatic rings. The fraction of sp³-hybridized carbons (Fsp3) is 0.667. The molecule has 0 aliphatic rings. The van der Waals surface area contributed by atoms with E-state index in [0.29, 0.717) is 13.0 Å². The van der Waals surface area contributed by atoms with E-state index in [-0.39, 0.29) is 13.0 Å². The van der Waals surface area contributed by atoms with E-state index < -0.39 is 16.2 Å². The minimum atomic E-state index is -3.56. The molecule has 0 amide bonds. The molecule has 0 aromatic carbocycles. The van der Waals surface area contributed by atoms with Crippen molar-refractivity contribution in [3.63, 3.8) is 0 Å². The Morgan fingerprint density at radius 2 is 2.24 bits per heavy atom. The highest BCUT2D eigenvalue weighted by atomic mass is 32.2. The second kappa shape index (κ2) is 8.11. The molecule has 1 rings (SSSR count). The van der Waals surface area contributed by atoms with E-state index in [1.54, 1.807) is 6.20 Å². The number of aromatic amines is 1. The zero-order valence-electron chi connectivity index (χ0n) is 12.5. The highest BCUT2D eigenvalue weighted by molar-refractivity contribution is 7.87. The Kier molecular flexibility index (Phi) is 6.79. The normalized spacial score (nSPS) is 11.8. The number of esters is 1. The van der Waals surface area contributed by atoms with Crippen LogP contribution >= 0.6 is 0 Å². The Labute approximate surface area is 125 Å². The van der Waals surface area contributed by atoms with Crippen LogP contribution in [0.3, 0.4) is 0 Å². The lowest BCUT2D eigenvalue weighted by Crippen LogP contribution is -2.39. The van der Waals surface area contributed by atoms with Gasteiger partial charge in [-0.1, -0.05) is 0 Å². The Morgan fingerprint density at radius 1 is 1.52 bits per heavy atom. The van der Waals surface area contributed by atoms with Gasteiger partial charge in [0.15, 0.2) is 0 Å². The number of ether oxygens (including phenoxy) is 1. The molecule has 0 saturated heterocycles. The standard InChI is InChI=1S/C12H22N4O4S/c1-10-11(9-13-15-10)5-4-7-14-21(18,19)16(2)8-6-12(17)20-3/h9,14H,4-8H2,1-3H3,(H,13,15). The van der Waals surface area contributed by atoms with Crippen molar-refractivity contribution >= 4 is 16.2 Å². The summed E-state index contributed by atoms with van der Waals surface area (Å²) in [6.45, 7) is 2.34. The van der Waals surface area contributed by atoms with Crippen LogP contribution in [0, 0.1) is 6.92 Å². The molecule has 8 nitrogen and oxygen atoms in total. The molecule has 21 heavy (non-hydrogen) atoms. The molecule has 1 heterocycles. The summed E-state index contributed by atoms with van der Waals surface area (Å²) in [5, 5.41) is 6.75. The molecule has 0 atom stereocenters. The van der Waals surface area contributed by atoms with Crippen LogP contribution < -0.4 is 4.72 Å². The van der Waals surface area contributed by atoms with Crippen molar-refractivity contribution in [3.05, 3.63) is 17.5 Å². The number of rotatable bonds is 9. The Hall–Kier alpha value is -1.45. The quantitative estimate of drug-likeness (QED) is 0.492. The molecule has 0 saturated carbocycles. The van der Waals surface area contributed by atoms with E-state index in [1.807, 2.05) is 6.92 Å². The highest BCUT2D eigenvalue weighted by Crippen LogP contribution is 2.05. The van der Waals surface area contributed by atoms with Gasteiger partial charge >= 0.3 is 5.97 Å². The van der Waals surface area contributed by atoms with Crippen LogP contribution in [0.15, 0.2) is 6.20 Å². The third kappa shape index (κ3) is 5.82. The molecule has 9 heteroatoms. The first-order valence-corrected chi connectivity index (χ1v) is 8.07. The van der Waals surface area contributed by atoms with E-state index in [4.69, 9.17) is 0 Å². The summed E-state index contributed by atoms with van der Waals surface area (Å²) in [6, 6.07) is 0. The van der Waals surface area contributed by atoms with Crippen LogP contribution in [0.25, 0.3) is 0 Å². The number of carbonyl (C=O) groups is 1. The minimum absolute atomic E-state index is 0.0299. The monoisotopic (exact) mass is 318 g/mol. The summed E-state index contributed by atoms with van der Waals surface area (Å²) in [7, 11) is -0.870. The molecule has 0 aliphatic heterocycles. The summed E-state index contributed by atoms with van der Waals surface area (Å²) in [5.41, 5.74) is 2.07. The summed E-state index contributed by atoms with van der Waals surface area (Å²) in [4.78, 5) is 11.0. The van der Waals surface area contributed by atoms with Crippen molar-refractivity contribution in [2.24, 2.45) is 0 Å². The number of aryl methyl sites for hydroxylation is 2. The molecule has 0 spiro atoms. The summed E-state index contributed by atoms with van der Waals surface area (Å²) < 4.78 is 31.9. The fourth-order valence-electron chi connectivity index (χ4n) is 1.69. The average molecular weight is 318 g/mol. The second-order valence-electron chi connectivity index (χ2n) is 4.67. The number of hydrogen-bond acceptors (Lipinski definition) is 5. The Bertz CT molecular complexity index is 555. The first-order valence-electron chi connectivity index (χ1n) is 6.63. The van der Waals surface area contributed by atoms with E-state index in [9.17, 15) is 13.2 Å². The number of nitrogens with zero attached hydrogens (tertiary/aromatic N) is 2. The van der Waals surface area contributed by atoms with E-state index in [0.717, 1.165) is 22.0 Å². The number of H-pyrrole nitrogens is 1. The smallest absolute Gasteiger partial charge is 0.306 e. The average Bonchev–Trinajstić information content (AvgIpc) is 2.85. The van der Waals surface area contributed by atoms with Crippen LogP contribution in [-0.2, 0) is 26.2 Å². The van der Waals surface area contributed by atoms with Gasteiger partial charge in [0.2, 0.25) is 0 Å². The third-order valence-electron chi connectivity index (χ3n) is 3.11. The molecule has 120 valence electrons. The van der Waals surface area contributed by atoms with Gasteiger partial charge in [0, 0.05) is 25.8 Å². The molecule has 2 N–H and O–H groups in total. The molecule has 1 aromatic heterocycles. The molecule has 0 unspecified atom stereocenters. The number of carbonyl (C=O) groups excluding carboxylic acids is 1. The SMILES string of the molecule is COC(=O)CCN(C)S(=O)(=O)NCCCc1cn[nH]c1C. The van der Waals surface area contributed by atoms with E-state index in [1.165, 1.54) is 14.2 Å².